The summed E-state index contributed by atoms with van der Waals surface area (Å²) in [5.74, 6) is -0.360. The van der Waals surface area contributed by atoms with Gasteiger partial charge in [0.15, 0.2) is 5.11 Å². The fourth-order valence-electron chi connectivity index (χ4n) is 2.86. The zero-order chi connectivity index (χ0) is 21.7. The Morgan fingerprint density at radius 2 is 1.90 bits per heavy atom. The summed E-state index contributed by atoms with van der Waals surface area (Å²) in [6, 6.07) is 12.9. The summed E-state index contributed by atoms with van der Waals surface area (Å²) in [6.45, 7) is 4.01. The second kappa shape index (κ2) is 9.89. The highest BCUT2D eigenvalue weighted by atomic mass is 35.5. The summed E-state index contributed by atoms with van der Waals surface area (Å²) in [5.41, 5.74) is 5.92. The number of thiocarbonyl (C=S) groups is 1. The normalized spacial score (nSPS) is 10.9. The third-order valence-corrected chi connectivity index (χ3v) is 5.25. The lowest BCUT2D eigenvalue weighted by molar-refractivity contribution is -0.115. The second-order valence-corrected chi connectivity index (χ2v) is 7.98. The van der Waals surface area contributed by atoms with Gasteiger partial charge >= 0.3 is 0 Å². The molecule has 0 spiro atoms. The molecule has 0 aliphatic heterocycles. The molecule has 1 amide bonds. The molecule has 5 nitrogen and oxygen atoms in total. The number of nitrogens with one attached hydrogen (secondary N) is 3. The Balaban J connectivity index is 1.54. The van der Waals surface area contributed by atoms with Gasteiger partial charge in [-0.15, -0.1) is 0 Å². The SMILES string of the molecule is Cc1n[nH]c(C)c1Cc1ccc(NC(=S)NC(=O)/C=C/c2ccc(Cl)cc2Cl)cc1. The van der Waals surface area contributed by atoms with Gasteiger partial charge in [0.05, 0.1) is 5.69 Å². The highest BCUT2D eigenvalue weighted by Gasteiger charge is 2.08. The van der Waals surface area contributed by atoms with Crippen LogP contribution in [-0.2, 0) is 11.2 Å². The number of aryl methyl sites for hydroxylation is 2. The largest absolute Gasteiger partial charge is 0.332 e. The molecule has 0 aliphatic carbocycles. The van der Waals surface area contributed by atoms with Crippen LogP contribution in [0.2, 0.25) is 10.0 Å². The van der Waals surface area contributed by atoms with Crippen molar-refractivity contribution >= 4 is 58.2 Å². The lowest BCUT2D eigenvalue weighted by atomic mass is 10.0. The third kappa shape index (κ3) is 5.92. The molecule has 1 aromatic heterocycles. The molecule has 154 valence electrons. The topological polar surface area (TPSA) is 69.8 Å². The number of aromatic amines is 1. The van der Waals surface area contributed by atoms with Gasteiger partial charge in [0.25, 0.3) is 0 Å². The van der Waals surface area contributed by atoms with Crippen LogP contribution in [-0.4, -0.2) is 21.2 Å². The summed E-state index contributed by atoms with van der Waals surface area (Å²) in [6.07, 6.45) is 3.76. The Kier molecular flexibility index (Phi) is 7.26. The van der Waals surface area contributed by atoms with Crippen molar-refractivity contribution in [2.45, 2.75) is 20.3 Å². The highest BCUT2D eigenvalue weighted by molar-refractivity contribution is 7.80. The average Bonchev–Trinajstić information content (AvgIpc) is 3.00. The predicted molar refractivity (Wildman–Crippen MR) is 127 cm³/mol. The number of benzene rings is 2. The van der Waals surface area contributed by atoms with Crippen molar-refractivity contribution in [3.8, 4) is 0 Å². The number of carbonyl (C=O) groups is 1. The molecule has 3 aromatic rings. The maximum Gasteiger partial charge on any atom is 0.250 e. The van der Waals surface area contributed by atoms with Crippen molar-refractivity contribution in [2.75, 3.05) is 5.32 Å². The van der Waals surface area contributed by atoms with E-state index in [1.165, 1.54) is 11.6 Å². The van der Waals surface area contributed by atoms with Gasteiger partial charge in [-0.1, -0.05) is 41.4 Å². The quantitative estimate of drug-likeness (QED) is 0.351. The molecule has 30 heavy (non-hydrogen) atoms. The number of H-pyrrole nitrogens is 1. The van der Waals surface area contributed by atoms with E-state index in [2.05, 4.69) is 20.8 Å². The van der Waals surface area contributed by atoms with E-state index < -0.39 is 0 Å². The van der Waals surface area contributed by atoms with Gasteiger partial charge in [-0.3, -0.25) is 15.2 Å². The Morgan fingerprint density at radius 1 is 1.17 bits per heavy atom. The van der Waals surface area contributed by atoms with Gasteiger partial charge in [0, 0.05) is 39.5 Å². The number of nitrogens with zero attached hydrogens (tertiary/aromatic N) is 1. The molecular weight excluding hydrogens is 439 g/mol. The number of hydrogen-bond donors (Lipinski definition) is 3. The first-order valence-corrected chi connectivity index (χ1v) is 10.3. The van der Waals surface area contributed by atoms with Crippen LogP contribution in [0.3, 0.4) is 0 Å². The first-order valence-electron chi connectivity index (χ1n) is 9.16. The maximum absolute atomic E-state index is 12.1. The van der Waals surface area contributed by atoms with E-state index in [1.807, 2.05) is 38.1 Å². The lowest BCUT2D eigenvalue weighted by Crippen LogP contribution is -2.32. The van der Waals surface area contributed by atoms with Crippen molar-refractivity contribution in [2.24, 2.45) is 0 Å². The van der Waals surface area contributed by atoms with Crippen LogP contribution in [0, 0.1) is 13.8 Å². The van der Waals surface area contributed by atoms with E-state index in [1.54, 1.807) is 24.3 Å². The monoisotopic (exact) mass is 458 g/mol. The number of carbonyl (C=O) groups excluding carboxylic acids is 1. The van der Waals surface area contributed by atoms with Crippen LogP contribution in [0.25, 0.3) is 6.08 Å². The van der Waals surface area contributed by atoms with Crippen LogP contribution in [0.5, 0.6) is 0 Å². The number of anilines is 1. The number of halogens is 2. The van der Waals surface area contributed by atoms with Crippen molar-refractivity contribution in [3.05, 3.63) is 86.7 Å². The van der Waals surface area contributed by atoms with Gasteiger partial charge < -0.3 is 5.32 Å². The van der Waals surface area contributed by atoms with Crippen molar-refractivity contribution in [3.63, 3.8) is 0 Å². The molecule has 3 N–H and O–H groups in total. The minimum atomic E-state index is -0.360. The summed E-state index contributed by atoms with van der Waals surface area (Å²) in [7, 11) is 0. The standard InChI is InChI=1S/C22H20Cl2N4OS/c1-13-19(14(2)28-27-13)11-15-3-8-18(9-4-15)25-22(30)26-21(29)10-6-16-5-7-17(23)12-20(16)24/h3-10,12H,11H2,1-2H3,(H,27,28)(H2,25,26,29,30)/b10-6+. The molecule has 3 rings (SSSR count). The van der Waals surface area contributed by atoms with Crippen LogP contribution in [0.4, 0.5) is 5.69 Å². The van der Waals surface area contributed by atoms with Crippen molar-refractivity contribution < 1.29 is 4.79 Å². The Hall–Kier alpha value is -2.67. The molecule has 0 bridgehead atoms. The summed E-state index contributed by atoms with van der Waals surface area (Å²) < 4.78 is 0. The number of aromatic nitrogens is 2. The van der Waals surface area contributed by atoms with E-state index >= 15 is 0 Å². The lowest BCUT2D eigenvalue weighted by Gasteiger charge is -2.09. The van der Waals surface area contributed by atoms with E-state index in [9.17, 15) is 4.79 Å². The van der Waals surface area contributed by atoms with Crippen LogP contribution in [0.15, 0.2) is 48.5 Å². The first-order chi connectivity index (χ1) is 14.3. The minimum absolute atomic E-state index is 0.209. The zero-order valence-electron chi connectivity index (χ0n) is 16.4. The van der Waals surface area contributed by atoms with Crippen molar-refractivity contribution in [1.82, 2.24) is 15.5 Å². The van der Waals surface area contributed by atoms with Gasteiger partial charge in [0.2, 0.25) is 5.91 Å². The highest BCUT2D eigenvalue weighted by Crippen LogP contribution is 2.22. The Labute approximate surface area is 190 Å². The Bertz CT molecular complexity index is 1090. The summed E-state index contributed by atoms with van der Waals surface area (Å²) in [4.78, 5) is 12.1. The average molecular weight is 459 g/mol. The van der Waals surface area contributed by atoms with E-state index in [-0.39, 0.29) is 11.0 Å². The first kappa shape index (κ1) is 22.0. The molecule has 0 saturated heterocycles. The van der Waals surface area contributed by atoms with Gasteiger partial charge in [0.1, 0.15) is 0 Å². The van der Waals surface area contributed by atoms with Gasteiger partial charge in [-0.2, -0.15) is 5.10 Å². The minimum Gasteiger partial charge on any atom is -0.332 e. The summed E-state index contributed by atoms with van der Waals surface area (Å²) in [5, 5.41) is 14.0. The molecule has 0 unspecified atom stereocenters. The summed E-state index contributed by atoms with van der Waals surface area (Å²) >= 11 is 17.2. The third-order valence-electron chi connectivity index (χ3n) is 4.49. The molecule has 1 heterocycles. The fraction of sp³-hybridized carbons (Fsp3) is 0.136. The predicted octanol–water partition coefficient (Wildman–Crippen LogP) is 5.45. The zero-order valence-corrected chi connectivity index (χ0v) is 18.8. The molecule has 0 atom stereocenters. The van der Waals surface area contributed by atoms with E-state index in [0.29, 0.717) is 15.6 Å². The maximum atomic E-state index is 12.1. The molecule has 8 heteroatoms. The number of rotatable bonds is 5. The molecule has 0 aliphatic rings. The molecule has 0 fully saturated rings. The number of amides is 1. The molecule has 0 saturated carbocycles. The van der Waals surface area contributed by atoms with Crippen molar-refractivity contribution in [1.29, 1.82) is 0 Å². The second-order valence-electron chi connectivity index (χ2n) is 6.73. The van der Waals surface area contributed by atoms with Crippen LogP contribution >= 0.6 is 35.4 Å². The van der Waals surface area contributed by atoms with E-state index in [4.69, 9.17) is 35.4 Å². The van der Waals surface area contributed by atoms with Gasteiger partial charge in [-0.05, 0) is 67.5 Å². The van der Waals surface area contributed by atoms with Crippen LogP contribution < -0.4 is 10.6 Å². The van der Waals surface area contributed by atoms with E-state index in [0.717, 1.165) is 29.1 Å². The fourth-order valence-corrected chi connectivity index (χ4v) is 3.55. The number of hydrogen-bond acceptors (Lipinski definition) is 3. The Morgan fingerprint density at radius 3 is 2.53 bits per heavy atom. The van der Waals surface area contributed by atoms with Gasteiger partial charge in [-0.25, -0.2) is 0 Å². The van der Waals surface area contributed by atoms with Crippen LogP contribution in [0.1, 0.15) is 28.1 Å². The molecular formula is C22H20Cl2N4OS. The molecule has 0 radical (unpaired) electrons. The molecule has 2 aromatic carbocycles. The smallest absolute Gasteiger partial charge is 0.250 e.